The molecule has 0 heterocycles. The van der Waals surface area contributed by atoms with Gasteiger partial charge >= 0.3 is 0 Å². The molecule has 4 nitrogen and oxygen atoms in total. The number of benzene rings is 6. The Labute approximate surface area is 252 Å². The molecular formula is C39H32N2O2. The summed E-state index contributed by atoms with van der Waals surface area (Å²) < 4.78 is 12.5. The van der Waals surface area contributed by atoms with E-state index in [-0.39, 0.29) is 0 Å². The lowest BCUT2D eigenvalue weighted by Crippen LogP contribution is -2.28. The van der Waals surface area contributed by atoms with Gasteiger partial charge in [0, 0.05) is 11.4 Å². The van der Waals surface area contributed by atoms with Crippen molar-refractivity contribution in [3.05, 3.63) is 167 Å². The van der Waals surface area contributed by atoms with E-state index in [1.807, 2.05) is 50.2 Å². The number of ether oxygens (including phenoxy) is 2. The predicted molar refractivity (Wildman–Crippen MR) is 175 cm³/mol. The van der Waals surface area contributed by atoms with Crippen LogP contribution in [0.3, 0.4) is 0 Å². The maximum Gasteiger partial charge on any atom is 0.130 e. The molecule has 7 rings (SSSR count). The fraction of sp³-hybridized carbons (Fsp3) is 0.0769. The Bertz CT molecular complexity index is 1820. The Hall–Kier alpha value is -5.48. The zero-order chi connectivity index (χ0) is 29.6. The van der Waals surface area contributed by atoms with Gasteiger partial charge in [0.25, 0.3) is 0 Å². The fourth-order valence-corrected chi connectivity index (χ4v) is 6.40. The first-order valence-electron chi connectivity index (χ1n) is 14.4. The van der Waals surface area contributed by atoms with Crippen molar-refractivity contribution in [2.45, 2.75) is 19.3 Å². The van der Waals surface area contributed by atoms with E-state index in [9.17, 15) is 0 Å². The van der Waals surface area contributed by atoms with Gasteiger partial charge in [-0.1, -0.05) is 72.8 Å². The zero-order valence-electron chi connectivity index (χ0n) is 24.2. The van der Waals surface area contributed by atoms with Crippen molar-refractivity contribution in [1.82, 2.24) is 0 Å². The summed E-state index contributed by atoms with van der Waals surface area (Å²) in [5.74, 6) is 3.13. The van der Waals surface area contributed by atoms with Gasteiger partial charge in [-0.25, -0.2) is 0 Å². The molecule has 210 valence electrons. The van der Waals surface area contributed by atoms with E-state index in [0.717, 1.165) is 56.6 Å². The minimum absolute atomic E-state index is 0.515. The molecule has 0 saturated heterocycles. The highest BCUT2D eigenvalue weighted by Gasteiger charge is 2.45. The average molecular weight is 561 g/mol. The number of fused-ring (bicyclic) bond motifs is 3. The van der Waals surface area contributed by atoms with E-state index in [2.05, 4.69) is 97.1 Å². The molecule has 6 aromatic carbocycles. The Kier molecular flexibility index (Phi) is 6.40. The van der Waals surface area contributed by atoms with Gasteiger partial charge in [0.15, 0.2) is 0 Å². The smallest absolute Gasteiger partial charge is 0.130 e. The quantitative estimate of drug-likeness (QED) is 0.199. The van der Waals surface area contributed by atoms with Crippen molar-refractivity contribution in [3.8, 4) is 34.1 Å². The Morgan fingerprint density at radius 3 is 1.26 bits per heavy atom. The second kappa shape index (κ2) is 10.4. The van der Waals surface area contributed by atoms with E-state index < -0.39 is 5.41 Å². The molecule has 1 aliphatic carbocycles. The second-order valence-electron chi connectivity index (χ2n) is 11.1. The lowest BCUT2D eigenvalue weighted by Gasteiger charge is -2.34. The maximum absolute atomic E-state index is 6.27. The van der Waals surface area contributed by atoms with Crippen LogP contribution in [-0.4, -0.2) is 0 Å². The summed E-state index contributed by atoms with van der Waals surface area (Å²) in [6.07, 6.45) is 0. The van der Waals surface area contributed by atoms with Gasteiger partial charge in [0.1, 0.15) is 23.0 Å². The van der Waals surface area contributed by atoms with Crippen LogP contribution in [0.4, 0.5) is 11.4 Å². The molecule has 0 bridgehead atoms. The van der Waals surface area contributed by atoms with Crippen molar-refractivity contribution in [1.29, 1.82) is 0 Å². The van der Waals surface area contributed by atoms with Crippen LogP contribution in [0.25, 0.3) is 11.1 Å². The molecule has 4 N–H and O–H groups in total. The highest BCUT2D eigenvalue weighted by Crippen LogP contribution is 2.56. The van der Waals surface area contributed by atoms with Crippen molar-refractivity contribution < 1.29 is 9.47 Å². The van der Waals surface area contributed by atoms with E-state index in [1.165, 1.54) is 22.3 Å². The summed E-state index contributed by atoms with van der Waals surface area (Å²) in [5, 5.41) is 0. The van der Waals surface area contributed by atoms with Crippen molar-refractivity contribution in [2.75, 3.05) is 11.5 Å². The van der Waals surface area contributed by atoms with Crippen molar-refractivity contribution in [2.24, 2.45) is 0 Å². The Morgan fingerprint density at radius 2 is 0.860 bits per heavy atom. The van der Waals surface area contributed by atoms with Crippen LogP contribution < -0.4 is 20.9 Å². The third-order valence-electron chi connectivity index (χ3n) is 8.38. The van der Waals surface area contributed by atoms with Crippen molar-refractivity contribution in [3.63, 3.8) is 0 Å². The van der Waals surface area contributed by atoms with Crippen LogP contribution in [0.1, 0.15) is 33.4 Å². The molecule has 43 heavy (non-hydrogen) atoms. The van der Waals surface area contributed by atoms with E-state index in [0.29, 0.717) is 0 Å². The highest BCUT2D eigenvalue weighted by molar-refractivity contribution is 5.86. The summed E-state index contributed by atoms with van der Waals surface area (Å²) in [5.41, 5.74) is 22.1. The third kappa shape index (κ3) is 4.48. The Morgan fingerprint density at radius 1 is 0.465 bits per heavy atom. The summed E-state index contributed by atoms with van der Waals surface area (Å²) in [4.78, 5) is 0. The number of hydrogen-bond donors (Lipinski definition) is 2. The van der Waals surface area contributed by atoms with Crippen LogP contribution >= 0.6 is 0 Å². The van der Waals surface area contributed by atoms with Gasteiger partial charge in [0.05, 0.1) is 5.41 Å². The number of rotatable bonds is 6. The fourth-order valence-electron chi connectivity index (χ4n) is 6.40. The largest absolute Gasteiger partial charge is 0.457 e. The summed E-state index contributed by atoms with van der Waals surface area (Å²) in [7, 11) is 0. The molecule has 0 aromatic heterocycles. The molecule has 0 atom stereocenters. The lowest BCUT2D eigenvalue weighted by atomic mass is 9.68. The van der Waals surface area contributed by atoms with Crippen LogP contribution in [0.15, 0.2) is 133 Å². The molecule has 0 amide bonds. The molecule has 0 aliphatic heterocycles. The first-order valence-corrected chi connectivity index (χ1v) is 14.4. The topological polar surface area (TPSA) is 70.5 Å². The number of hydrogen-bond acceptors (Lipinski definition) is 4. The summed E-state index contributed by atoms with van der Waals surface area (Å²) in [6, 6.07) is 45.8. The van der Waals surface area contributed by atoms with Gasteiger partial charge in [0.2, 0.25) is 0 Å². The second-order valence-corrected chi connectivity index (χ2v) is 11.1. The highest BCUT2D eigenvalue weighted by atomic mass is 16.5. The monoisotopic (exact) mass is 560 g/mol. The predicted octanol–water partition coefficient (Wildman–Crippen LogP) is 9.42. The first-order chi connectivity index (χ1) is 20.9. The van der Waals surface area contributed by atoms with Crippen LogP contribution in [0.2, 0.25) is 0 Å². The van der Waals surface area contributed by atoms with Gasteiger partial charge in [-0.05, 0) is 119 Å². The maximum atomic E-state index is 6.27. The molecule has 4 heteroatoms. The molecule has 0 saturated carbocycles. The van der Waals surface area contributed by atoms with Gasteiger partial charge in [-0.2, -0.15) is 0 Å². The van der Waals surface area contributed by atoms with Crippen molar-refractivity contribution >= 4 is 11.4 Å². The lowest BCUT2D eigenvalue weighted by molar-refractivity contribution is 0.478. The van der Waals surface area contributed by atoms with Crippen LogP contribution in [0, 0.1) is 13.8 Å². The molecule has 0 fully saturated rings. The number of anilines is 2. The molecule has 0 spiro atoms. The van der Waals surface area contributed by atoms with E-state index in [4.69, 9.17) is 20.9 Å². The normalized spacial score (nSPS) is 12.8. The Balaban J connectivity index is 1.34. The SMILES string of the molecule is Cc1cc(N)ccc1Oc1ccc(C2(c3ccc(Oc4ccc(N)cc4C)cc3)c3ccccc3-c3ccccc32)cc1. The standard InChI is InChI=1S/C39H32N2O2/c1-25-23-29(40)15-21-37(25)42-31-17-11-27(12-18-31)39(35-9-5-3-7-33(35)34-8-4-6-10-36(34)39)28-13-19-32(20-14-28)43-38-22-16-30(41)24-26(38)2/h3-24H,40-41H2,1-2H3. The average Bonchev–Trinajstić information content (AvgIpc) is 3.32. The van der Waals surface area contributed by atoms with Crippen LogP contribution in [-0.2, 0) is 5.41 Å². The van der Waals surface area contributed by atoms with Gasteiger partial charge in [-0.15, -0.1) is 0 Å². The minimum atomic E-state index is -0.515. The molecule has 0 unspecified atom stereocenters. The van der Waals surface area contributed by atoms with E-state index >= 15 is 0 Å². The third-order valence-corrected chi connectivity index (χ3v) is 8.38. The summed E-state index contributed by atoms with van der Waals surface area (Å²) in [6.45, 7) is 4.01. The molecule has 1 aliphatic rings. The zero-order valence-corrected chi connectivity index (χ0v) is 24.2. The molecule has 0 radical (unpaired) electrons. The minimum Gasteiger partial charge on any atom is -0.457 e. The summed E-state index contributed by atoms with van der Waals surface area (Å²) >= 11 is 0. The molecular weight excluding hydrogens is 528 g/mol. The number of aryl methyl sites for hydroxylation is 2. The van der Waals surface area contributed by atoms with Crippen LogP contribution in [0.5, 0.6) is 23.0 Å². The molecule has 6 aromatic rings. The van der Waals surface area contributed by atoms with E-state index in [1.54, 1.807) is 0 Å². The first kappa shape index (κ1) is 26.4. The van der Waals surface area contributed by atoms with Gasteiger partial charge < -0.3 is 20.9 Å². The number of nitrogen functional groups attached to an aromatic ring is 2. The van der Waals surface area contributed by atoms with Gasteiger partial charge in [-0.3, -0.25) is 0 Å². The number of nitrogens with two attached hydrogens (primary N) is 2.